The molecule has 4 saturated heterocycles. The Bertz CT molecular complexity index is 6480. The van der Waals surface area contributed by atoms with Crippen LogP contribution in [0.1, 0.15) is 230 Å². The van der Waals surface area contributed by atoms with E-state index < -0.39 is 98.2 Å². The van der Waals surface area contributed by atoms with Crippen LogP contribution in [0.15, 0.2) is 181 Å². The second-order valence-corrected chi connectivity index (χ2v) is 54.7. The van der Waals surface area contributed by atoms with E-state index in [9.17, 15) is 58.8 Å². The van der Waals surface area contributed by atoms with Crippen LogP contribution in [-0.4, -0.2) is 214 Å². The maximum absolute atomic E-state index is 14.3. The first-order valence-electron chi connectivity index (χ1n) is 53.9. The van der Waals surface area contributed by atoms with E-state index in [1.807, 2.05) is 97.0 Å². The number of carbonyl (C=O) groups is 8. The summed E-state index contributed by atoms with van der Waals surface area (Å²) in [5, 5.41) is 48.8. The zero-order chi connectivity index (χ0) is 105. The van der Waals surface area contributed by atoms with E-state index in [-0.39, 0.29) is 180 Å². The number of ketones is 8. The number of hydrogen-bond donors (Lipinski definition) is 4. The minimum absolute atomic E-state index is 0.000522. The quantitative estimate of drug-likeness (QED) is 0.0467. The van der Waals surface area contributed by atoms with E-state index in [0.717, 1.165) is 121 Å². The second-order valence-electron chi connectivity index (χ2n) is 49.5. The third-order valence-corrected chi connectivity index (χ3v) is 45.4. The second kappa shape index (κ2) is 37.7. The first-order chi connectivity index (χ1) is 70.5. The van der Waals surface area contributed by atoms with Crippen molar-refractivity contribution in [2.24, 2.45) is 114 Å². The maximum Gasteiger partial charge on any atom is 0.257 e. The molecule has 16 fully saturated rings. The lowest BCUT2D eigenvalue weighted by Crippen LogP contribution is -2.63. The van der Waals surface area contributed by atoms with Gasteiger partial charge in [-0.25, -0.2) is 29.9 Å². The summed E-state index contributed by atoms with van der Waals surface area (Å²) in [6.07, 6.45) is 37.5. The third-order valence-electron chi connectivity index (χ3n) is 40.6. The fourth-order valence-electron chi connectivity index (χ4n) is 34.9. The zero-order valence-corrected chi connectivity index (χ0v) is 92.4. The molecule has 20 unspecified atom stereocenters. The van der Waals surface area contributed by atoms with E-state index >= 15 is 0 Å². The molecular weight excluding hydrogens is 1990 g/mol. The van der Waals surface area contributed by atoms with Gasteiger partial charge in [-0.05, 0) is 285 Å². The molecule has 16 aliphatic carbocycles. The van der Waals surface area contributed by atoms with Gasteiger partial charge in [0.25, 0.3) is 5.22 Å². The van der Waals surface area contributed by atoms with Crippen molar-refractivity contribution in [3.8, 4) is 0 Å². The van der Waals surface area contributed by atoms with Crippen LogP contribution >= 0.6 is 58.4 Å². The number of oxazole rings is 1. The fourth-order valence-corrected chi connectivity index (χ4v) is 39.2. The molecule has 4 N–H and O–H groups in total. The maximum atomic E-state index is 14.3. The molecule has 20 aliphatic rings. The highest BCUT2D eigenvalue weighted by Crippen LogP contribution is 2.77. The van der Waals surface area contributed by atoms with Crippen LogP contribution in [0, 0.1) is 128 Å². The predicted molar refractivity (Wildman–Crippen MR) is 562 cm³/mol. The lowest BCUT2D eigenvalue weighted by atomic mass is 9.46. The minimum atomic E-state index is -1.17. The van der Waals surface area contributed by atoms with Crippen molar-refractivity contribution in [3.63, 3.8) is 0 Å². The summed E-state index contributed by atoms with van der Waals surface area (Å²) in [4.78, 5) is 133. The van der Waals surface area contributed by atoms with E-state index in [1.54, 1.807) is 96.9 Å². The highest BCUT2D eigenvalue weighted by Gasteiger charge is 2.82. The van der Waals surface area contributed by atoms with Gasteiger partial charge in [0.15, 0.2) is 113 Å². The molecule has 32 heteroatoms. The Kier molecular flexibility index (Phi) is 26.8. The molecule has 5 aromatic rings. The van der Waals surface area contributed by atoms with Crippen molar-refractivity contribution in [1.82, 2.24) is 29.9 Å². The summed E-state index contributed by atoms with van der Waals surface area (Å²) >= 11 is 7.04. The number of aromatic nitrogens is 6. The molecule has 33 atom stereocenters. The van der Waals surface area contributed by atoms with Crippen LogP contribution in [-0.2, 0) is 76.3 Å². The van der Waals surface area contributed by atoms with E-state index in [1.165, 1.54) is 51.9 Å². The van der Waals surface area contributed by atoms with Crippen LogP contribution in [0.4, 0.5) is 0 Å². The van der Waals surface area contributed by atoms with Crippen LogP contribution in [0.25, 0.3) is 11.1 Å². The average Bonchev–Trinajstić information content (AvgIpc) is 1.53. The largest absolute Gasteiger partial charge is 0.431 e. The molecule has 12 saturated carbocycles. The normalized spacial score (nSPS) is 43.5. The van der Waals surface area contributed by atoms with Crippen molar-refractivity contribution >= 4 is 116 Å². The number of allylic oxidation sites excluding steroid dienone is 16. The average molecular weight is 2130 g/mol. The number of para-hydroxylation sites is 2. The van der Waals surface area contributed by atoms with Crippen molar-refractivity contribution in [1.29, 1.82) is 0 Å². The van der Waals surface area contributed by atoms with Gasteiger partial charge in [0.1, 0.15) is 5.52 Å². The van der Waals surface area contributed by atoms with Gasteiger partial charge in [-0.2, -0.15) is 0 Å². The summed E-state index contributed by atoms with van der Waals surface area (Å²) < 4.78 is 59.4. The van der Waals surface area contributed by atoms with Crippen molar-refractivity contribution < 1.29 is 101 Å². The van der Waals surface area contributed by atoms with Crippen LogP contribution in [0.5, 0.6) is 0 Å². The first kappa shape index (κ1) is 106. The van der Waals surface area contributed by atoms with Gasteiger partial charge < -0.3 is 62.7 Å². The lowest BCUT2D eigenvalue weighted by Gasteiger charge is -2.60. The monoisotopic (exact) mass is 2130 g/mol. The number of benzene rings is 1. The number of nitrogens with zero attached hydrogens (tertiary/aromatic N) is 6. The van der Waals surface area contributed by atoms with E-state index in [4.69, 9.17) is 42.3 Å². The van der Waals surface area contributed by atoms with Gasteiger partial charge in [0, 0.05) is 96.7 Å². The molecule has 1 aromatic carbocycles. The topological polar surface area (TPSA) is 382 Å². The van der Waals surface area contributed by atoms with E-state index in [0.29, 0.717) is 53.2 Å². The number of carbonyl (C=O) groups excluding carboxylic acids is 8. The molecule has 4 aromatic heterocycles. The third kappa shape index (κ3) is 16.5. The Labute approximate surface area is 892 Å². The van der Waals surface area contributed by atoms with Crippen LogP contribution in [0.2, 0.25) is 0 Å². The molecule has 27 nitrogen and oxygen atoms in total. The molecule has 0 spiro atoms. The number of hydrogen-bond acceptors (Lipinski definition) is 32. The molecule has 4 aliphatic heterocycles. The summed E-state index contributed by atoms with van der Waals surface area (Å²) in [6, 6.07) is 11.1. The Balaban J connectivity index is 0.000000112. The lowest BCUT2D eigenvalue weighted by molar-refractivity contribution is -0.223. The van der Waals surface area contributed by atoms with E-state index in [2.05, 4.69) is 99.1 Å². The Morgan fingerprint density at radius 1 is 0.409 bits per heavy atom. The molecule has 0 amide bonds. The van der Waals surface area contributed by atoms with Gasteiger partial charge in [0.05, 0.1) is 77.5 Å². The number of aryl methyl sites for hydroxylation is 2. The summed E-state index contributed by atoms with van der Waals surface area (Å²) in [7, 11) is 0. The number of Topliss-reactive ketones (excluding diaryl/α,β-unsaturated/α-hetero) is 4. The molecular formula is C117H142N6O21S5. The minimum Gasteiger partial charge on any atom is -0.431 e. The number of ether oxygens (including phenoxy) is 8. The standard InChI is InChI=1S/C31H35NO6S.C29H36N2O5S.C29H37NO5S2.C28H34N2O5S/c1-28(2)37-25-14-20-19-10-9-17-13-18(33)11-12-29(17,3)26(19)22(34)15-30(20,4)31(25,38-28)24(35)16-39-27-32-21-7-5-6-8-23(21)36-27;1-4-6-24-35-23-14-20-19-8-7-17-13-18(32)9-10-27(17,2)25(19)21(33)15-28(20,3)29(23,36-24)22(34)16-37-26-30-11-5-12-31-26;1-15-16(2)37-25(30-15)36-14-22(33)29-23(34-26(3,4)35-29)12-20-19-8-7-17-11-18(31)9-10-27(17,5)24(19)21(32)13-28(20,29)6;1-25(2)34-22-13-19-18-7-6-16-12-17(31)8-9-26(16,3)23(18)20(32)14-27(19,4)28(22,35-25)21(33)15-36-24-29-10-5-11-30-24/h5-8,11-13,19-20,22,25-26,34H,9-10,14-16H2,1-4H3;5,9-13,19-21,23-25,33H,4,6-8,14-16H2,1-3H3;9-11,19-21,23-24,32H,7-8,12-14H2,1-6H3;5,8-12,18-20,22-23,32H,6-7,13-15H2,1-4H3/t19?,20?,22-,25+,26?,29?,30?,31+;19?,20?,21-,23+,24+,25?,27?,28?,29+;19?,20?,21-,23+,24?,27?,28?,29+;18?,19?,20-,22+,23?,26?,27?,28+/m0000/s1. The highest BCUT2D eigenvalue weighted by molar-refractivity contribution is 8.01. The van der Waals surface area contributed by atoms with Gasteiger partial charge in [-0.1, -0.05) is 175 Å². The molecule has 0 radical (unpaired) electrons. The number of thioether (sulfide) groups is 4. The van der Waals surface area contributed by atoms with Crippen molar-refractivity contribution in [3.05, 3.63) is 167 Å². The molecule has 8 heterocycles. The predicted octanol–water partition coefficient (Wildman–Crippen LogP) is 18.7. The Morgan fingerprint density at radius 3 is 1.08 bits per heavy atom. The number of aliphatic hydroxyl groups is 4. The fraction of sp³-hybridized carbons (Fsp3) is 0.641. The number of fused-ring (bicyclic) bond motifs is 29. The molecule has 0 bridgehead atoms. The van der Waals surface area contributed by atoms with Crippen LogP contribution in [0.3, 0.4) is 0 Å². The summed E-state index contributed by atoms with van der Waals surface area (Å²) in [6.45, 7) is 34.7. The van der Waals surface area contributed by atoms with Crippen molar-refractivity contribution in [2.45, 2.75) is 348 Å². The smallest absolute Gasteiger partial charge is 0.257 e. The first-order valence-corrected chi connectivity index (χ1v) is 58.7. The van der Waals surface area contributed by atoms with Gasteiger partial charge in [-0.3, -0.25) is 38.4 Å². The Morgan fingerprint density at radius 2 is 0.738 bits per heavy atom. The number of thiazole rings is 1. The summed E-state index contributed by atoms with van der Waals surface area (Å²) in [5.74, 6) is -0.263. The molecule has 796 valence electrons. The number of rotatable bonds is 18. The van der Waals surface area contributed by atoms with Gasteiger partial charge in [0.2, 0.25) is 0 Å². The van der Waals surface area contributed by atoms with Gasteiger partial charge in [-0.15, -0.1) is 11.3 Å². The van der Waals surface area contributed by atoms with Gasteiger partial charge >= 0.3 is 0 Å². The molecule has 149 heavy (non-hydrogen) atoms. The zero-order valence-electron chi connectivity index (χ0n) is 88.3. The summed E-state index contributed by atoms with van der Waals surface area (Å²) in [5.41, 5.74) is -1.23. The van der Waals surface area contributed by atoms with Crippen LogP contribution < -0.4 is 0 Å². The Hall–Kier alpha value is -7.32. The highest BCUT2D eigenvalue weighted by atomic mass is 32.2. The SMILES string of the molecule is CC1(C)O[C@@H]2CC3C4CCC5=CC(=O)C=CC5(C)C4[C@@H](O)CC3(C)[C@]2(C(=O)CSc2nc3ccccc3o2)O1.CC1(C)O[C@@H]2CC3C4CCC5=CC(=O)C=CC5(C)C4[C@@H](O)CC3(C)[C@]2(C(=O)CSc2ncccn2)O1.CCC[C@@H]1O[C@@H]2CC3C4CCC5=CC(=O)C=CC5(C)C4[C@@H](O)CC3(C)[C@]2(C(=O)CSc2ncccn2)O1.Cc1nc(SCC(=O)[C@@]23OC(C)(C)O[C@@H]2CC2C4CCC5=CC(=O)C=CC5(C)C4[C@@H](O)CC23C)sc1C. The molecule has 25 rings (SSSR count). The number of aliphatic hydroxyl groups excluding tert-OH is 4. The van der Waals surface area contributed by atoms with Crippen molar-refractivity contribution in [2.75, 3.05) is 23.0 Å².